The third-order valence-electron chi connectivity index (χ3n) is 4.35. The predicted molar refractivity (Wildman–Crippen MR) is 91.7 cm³/mol. The topological polar surface area (TPSA) is 74.1 Å². The molecule has 2 rings (SSSR count). The van der Waals surface area contributed by atoms with E-state index in [-0.39, 0.29) is 11.5 Å². The third kappa shape index (κ3) is 4.41. The lowest BCUT2D eigenvalue weighted by atomic mass is 9.91. The van der Waals surface area contributed by atoms with Crippen LogP contribution in [-0.2, 0) is 11.2 Å². The lowest BCUT2D eigenvalue weighted by molar-refractivity contribution is 0.205. The summed E-state index contributed by atoms with van der Waals surface area (Å²) in [4.78, 5) is 0. The molecule has 1 aromatic carbocycles. The van der Waals surface area contributed by atoms with E-state index >= 15 is 0 Å². The Morgan fingerprint density at radius 2 is 1.96 bits per heavy atom. The summed E-state index contributed by atoms with van der Waals surface area (Å²) in [6.45, 7) is 5.95. The molecule has 1 aliphatic rings. The van der Waals surface area contributed by atoms with Crippen molar-refractivity contribution in [2.24, 2.45) is 5.10 Å². The standard InChI is InChI=1S/C18H26N2O3/c1-13(23-3)18(2,20-19-15-7-5-4-6-8-15)12-14-9-10-16(21)17(22)11-14/h9-11,20-22H,1,4-8,12H2,2-3H3/t18-/m0/s1. The summed E-state index contributed by atoms with van der Waals surface area (Å²) in [6, 6.07) is 4.80. The van der Waals surface area contributed by atoms with Gasteiger partial charge in [-0.25, -0.2) is 0 Å². The summed E-state index contributed by atoms with van der Waals surface area (Å²) >= 11 is 0. The van der Waals surface area contributed by atoms with Crippen LogP contribution in [0, 0.1) is 0 Å². The summed E-state index contributed by atoms with van der Waals surface area (Å²) < 4.78 is 5.34. The van der Waals surface area contributed by atoms with Crippen LogP contribution < -0.4 is 5.43 Å². The molecule has 0 amide bonds. The van der Waals surface area contributed by atoms with Crippen molar-refractivity contribution in [3.63, 3.8) is 0 Å². The first-order chi connectivity index (χ1) is 10.9. The van der Waals surface area contributed by atoms with E-state index in [1.54, 1.807) is 19.2 Å². The first kappa shape index (κ1) is 17.2. The van der Waals surface area contributed by atoms with Gasteiger partial charge in [-0.1, -0.05) is 19.1 Å². The van der Waals surface area contributed by atoms with Crippen LogP contribution in [0.2, 0.25) is 0 Å². The Labute approximate surface area is 137 Å². The minimum Gasteiger partial charge on any atom is -0.504 e. The van der Waals surface area contributed by atoms with Gasteiger partial charge in [-0.3, -0.25) is 5.43 Å². The summed E-state index contributed by atoms with van der Waals surface area (Å²) in [5, 5.41) is 23.7. The molecule has 0 unspecified atom stereocenters. The maximum atomic E-state index is 9.67. The van der Waals surface area contributed by atoms with Crippen LogP contribution in [-0.4, -0.2) is 28.6 Å². The number of nitrogens with zero attached hydrogens (tertiary/aromatic N) is 1. The first-order valence-electron chi connectivity index (χ1n) is 8.01. The predicted octanol–water partition coefficient (Wildman–Crippen LogP) is 3.47. The number of aromatic hydroxyl groups is 2. The molecule has 0 aliphatic heterocycles. The summed E-state index contributed by atoms with van der Waals surface area (Å²) in [5.74, 6) is 0.313. The Morgan fingerprint density at radius 3 is 2.57 bits per heavy atom. The third-order valence-corrected chi connectivity index (χ3v) is 4.35. The fourth-order valence-corrected chi connectivity index (χ4v) is 2.79. The summed E-state index contributed by atoms with van der Waals surface area (Å²) in [5.41, 5.74) is 4.66. The van der Waals surface area contributed by atoms with Crippen LogP contribution in [0.1, 0.15) is 44.6 Å². The van der Waals surface area contributed by atoms with Gasteiger partial charge in [-0.05, 0) is 50.3 Å². The number of hydrogen-bond donors (Lipinski definition) is 3. The van der Waals surface area contributed by atoms with E-state index < -0.39 is 5.54 Å². The number of nitrogens with one attached hydrogen (secondary N) is 1. The van der Waals surface area contributed by atoms with E-state index in [0.717, 1.165) is 18.4 Å². The van der Waals surface area contributed by atoms with E-state index in [1.165, 1.54) is 31.0 Å². The Morgan fingerprint density at radius 1 is 1.26 bits per heavy atom. The molecule has 1 aliphatic carbocycles. The minimum atomic E-state index is -0.595. The molecule has 126 valence electrons. The maximum Gasteiger partial charge on any atom is 0.157 e. The van der Waals surface area contributed by atoms with E-state index in [4.69, 9.17) is 4.74 Å². The van der Waals surface area contributed by atoms with E-state index in [1.807, 2.05) is 6.92 Å². The highest BCUT2D eigenvalue weighted by molar-refractivity contribution is 5.84. The molecule has 5 nitrogen and oxygen atoms in total. The Hall–Kier alpha value is -2.17. The van der Waals surface area contributed by atoms with Crippen molar-refractivity contribution < 1.29 is 14.9 Å². The van der Waals surface area contributed by atoms with Crippen molar-refractivity contribution >= 4 is 5.71 Å². The van der Waals surface area contributed by atoms with Gasteiger partial charge in [0.05, 0.1) is 7.11 Å². The maximum absolute atomic E-state index is 9.67. The second-order valence-corrected chi connectivity index (χ2v) is 6.31. The molecule has 5 heteroatoms. The zero-order chi connectivity index (χ0) is 16.9. The fraction of sp³-hybridized carbons (Fsp3) is 0.500. The molecule has 0 bridgehead atoms. The average Bonchev–Trinajstić information content (AvgIpc) is 2.56. The Kier molecular flexibility index (Phi) is 5.53. The van der Waals surface area contributed by atoms with Crippen molar-refractivity contribution in [1.82, 2.24) is 5.43 Å². The number of ether oxygens (including phenoxy) is 1. The Balaban J connectivity index is 2.17. The number of phenols is 2. The van der Waals surface area contributed by atoms with Gasteiger partial charge in [0.1, 0.15) is 11.3 Å². The van der Waals surface area contributed by atoms with Gasteiger partial charge in [-0.15, -0.1) is 0 Å². The highest BCUT2D eigenvalue weighted by Crippen LogP contribution is 2.29. The summed E-state index contributed by atoms with van der Waals surface area (Å²) in [6.07, 6.45) is 6.24. The molecule has 1 atom stereocenters. The zero-order valence-corrected chi connectivity index (χ0v) is 13.9. The molecule has 0 radical (unpaired) electrons. The highest BCUT2D eigenvalue weighted by atomic mass is 16.5. The van der Waals surface area contributed by atoms with Gasteiger partial charge in [0.15, 0.2) is 11.5 Å². The average molecular weight is 318 g/mol. The van der Waals surface area contributed by atoms with Crippen LogP contribution >= 0.6 is 0 Å². The number of rotatable bonds is 6. The van der Waals surface area contributed by atoms with Gasteiger partial charge >= 0.3 is 0 Å². The molecule has 0 saturated heterocycles. The normalized spacial score (nSPS) is 17.2. The second-order valence-electron chi connectivity index (χ2n) is 6.31. The monoisotopic (exact) mass is 318 g/mol. The van der Waals surface area contributed by atoms with Gasteiger partial charge in [0.25, 0.3) is 0 Å². The molecule has 0 spiro atoms. The number of phenolic OH excluding ortho intramolecular Hbond substituents is 2. The van der Waals surface area contributed by atoms with Crippen molar-refractivity contribution in [2.75, 3.05) is 7.11 Å². The molecule has 1 aromatic rings. The number of hydrazone groups is 1. The van der Waals surface area contributed by atoms with Crippen molar-refractivity contribution in [1.29, 1.82) is 0 Å². The lowest BCUT2D eigenvalue weighted by Crippen LogP contribution is -2.44. The van der Waals surface area contributed by atoms with E-state index in [0.29, 0.717) is 12.2 Å². The van der Waals surface area contributed by atoms with Crippen LogP contribution in [0.5, 0.6) is 11.5 Å². The fourth-order valence-electron chi connectivity index (χ4n) is 2.79. The molecule has 1 saturated carbocycles. The smallest absolute Gasteiger partial charge is 0.157 e. The van der Waals surface area contributed by atoms with E-state index in [2.05, 4.69) is 17.1 Å². The largest absolute Gasteiger partial charge is 0.504 e. The van der Waals surface area contributed by atoms with E-state index in [9.17, 15) is 10.2 Å². The quantitative estimate of drug-likeness (QED) is 0.426. The number of methoxy groups -OCH3 is 1. The molecular weight excluding hydrogens is 292 g/mol. The highest BCUT2D eigenvalue weighted by Gasteiger charge is 2.29. The molecule has 3 N–H and O–H groups in total. The van der Waals surface area contributed by atoms with Gasteiger partial charge in [0, 0.05) is 12.1 Å². The Bertz CT molecular complexity index is 590. The van der Waals surface area contributed by atoms with Crippen LogP contribution in [0.25, 0.3) is 0 Å². The van der Waals surface area contributed by atoms with Gasteiger partial charge < -0.3 is 14.9 Å². The van der Waals surface area contributed by atoms with Crippen LogP contribution in [0.15, 0.2) is 35.6 Å². The molecule has 1 fully saturated rings. The molecule has 0 aromatic heterocycles. The number of benzene rings is 1. The van der Waals surface area contributed by atoms with Crippen LogP contribution in [0.3, 0.4) is 0 Å². The van der Waals surface area contributed by atoms with Crippen molar-refractivity contribution in [2.45, 2.75) is 51.0 Å². The van der Waals surface area contributed by atoms with Crippen molar-refractivity contribution in [3.05, 3.63) is 36.1 Å². The molecular formula is C18H26N2O3. The first-order valence-corrected chi connectivity index (χ1v) is 8.01. The molecule has 23 heavy (non-hydrogen) atoms. The zero-order valence-electron chi connectivity index (χ0n) is 13.9. The van der Waals surface area contributed by atoms with Crippen molar-refractivity contribution in [3.8, 4) is 11.5 Å². The summed E-state index contributed by atoms with van der Waals surface area (Å²) in [7, 11) is 1.59. The number of hydrogen-bond acceptors (Lipinski definition) is 5. The molecule has 0 heterocycles. The lowest BCUT2D eigenvalue weighted by Gasteiger charge is -2.31. The van der Waals surface area contributed by atoms with Crippen LogP contribution in [0.4, 0.5) is 0 Å². The van der Waals surface area contributed by atoms with Gasteiger partial charge in [-0.2, -0.15) is 5.10 Å². The SMILES string of the molecule is C=C(OC)[C@](C)(Cc1ccc(O)c(O)c1)NN=C1CCCCC1. The second kappa shape index (κ2) is 7.40. The van der Waals surface area contributed by atoms with Gasteiger partial charge in [0.2, 0.25) is 0 Å². The minimum absolute atomic E-state index is 0.128.